The number of halogens is 1. The first kappa shape index (κ1) is 12.0. The second-order valence-electron chi connectivity index (χ2n) is 3.46. The van der Waals surface area contributed by atoms with E-state index in [1.54, 1.807) is 7.11 Å². The van der Waals surface area contributed by atoms with Gasteiger partial charge in [-0.2, -0.15) is 0 Å². The molecule has 0 aromatic carbocycles. The first-order chi connectivity index (χ1) is 5.61. The Morgan fingerprint density at radius 2 is 2.00 bits per heavy atom. The van der Waals surface area contributed by atoms with E-state index < -0.39 is 0 Å². The van der Waals surface area contributed by atoms with Gasteiger partial charge in [0, 0.05) is 13.0 Å². The molecule has 0 aromatic rings. The molecule has 0 aliphatic heterocycles. The van der Waals surface area contributed by atoms with E-state index >= 15 is 0 Å². The van der Waals surface area contributed by atoms with Crippen molar-refractivity contribution in [3.63, 3.8) is 0 Å². The lowest BCUT2D eigenvalue weighted by atomic mass is 10.0. The highest BCUT2D eigenvalue weighted by molar-refractivity contribution is 6.19. The molecule has 1 atom stereocenters. The van der Waals surface area contributed by atoms with Crippen molar-refractivity contribution in [2.45, 2.75) is 20.8 Å². The van der Waals surface area contributed by atoms with Gasteiger partial charge in [0.25, 0.3) is 0 Å². The monoisotopic (exact) mass is 190 g/mol. The molecule has 2 heteroatoms. The summed E-state index contributed by atoms with van der Waals surface area (Å²) < 4.78 is 5.04. The normalized spacial score (nSPS) is 15.3. The van der Waals surface area contributed by atoms with Crippen molar-refractivity contribution in [3.05, 3.63) is 11.6 Å². The summed E-state index contributed by atoms with van der Waals surface area (Å²) in [4.78, 5) is 0. The van der Waals surface area contributed by atoms with Crippen LogP contribution in [-0.2, 0) is 4.74 Å². The topological polar surface area (TPSA) is 9.23 Å². The Kier molecular flexibility index (Phi) is 6.49. The maximum Gasteiger partial charge on any atom is 0.0522 e. The predicted molar refractivity (Wildman–Crippen MR) is 54.7 cm³/mol. The van der Waals surface area contributed by atoms with Crippen molar-refractivity contribution < 1.29 is 4.74 Å². The molecule has 0 radical (unpaired) electrons. The number of rotatable bonds is 5. The van der Waals surface area contributed by atoms with Crippen molar-refractivity contribution in [3.8, 4) is 0 Å². The number of alkyl halides is 1. The van der Waals surface area contributed by atoms with Crippen molar-refractivity contribution >= 4 is 11.6 Å². The Morgan fingerprint density at radius 1 is 1.42 bits per heavy atom. The molecule has 0 saturated heterocycles. The van der Waals surface area contributed by atoms with Gasteiger partial charge in [0.1, 0.15) is 0 Å². The van der Waals surface area contributed by atoms with E-state index in [-0.39, 0.29) is 0 Å². The second kappa shape index (κ2) is 6.50. The van der Waals surface area contributed by atoms with Crippen molar-refractivity contribution in [1.82, 2.24) is 0 Å². The van der Waals surface area contributed by atoms with Crippen molar-refractivity contribution in [2.24, 2.45) is 11.8 Å². The zero-order valence-corrected chi connectivity index (χ0v) is 9.19. The Hall–Kier alpha value is -0.0100. The summed E-state index contributed by atoms with van der Waals surface area (Å²) in [7, 11) is 1.72. The molecule has 0 rings (SSSR count). The molecule has 0 amide bonds. The summed E-state index contributed by atoms with van der Waals surface area (Å²) in [5.41, 5.74) is 1.31. The summed E-state index contributed by atoms with van der Waals surface area (Å²) in [5.74, 6) is 1.64. The Morgan fingerprint density at radius 3 is 2.33 bits per heavy atom. The van der Waals surface area contributed by atoms with Gasteiger partial charge in [-0.1, -0.05) is 32.4 Å². The summed E-state index contributed by atoms with van der Waals surface area (Å²) in [6.07, 6.45) is 2.21. The SMILES string of the molecule is COCC(C)/C=C(/CCl)C(C)C. The molecule has 0 saturated carbocycles. The van der Waals surface area contributed by atoms with E-state index in [9.17, 15) is 0 Å². The molecule has 72 valence electrons. The number of hydrogen-bond acceptors (Lipinski definition) is 1. The van der Waals surface area contributed by atoms with E-state index in [0.29, 0.717) is 17.7 Å². The Bertz CT molecular complexity index is 141. The molecule has 0 fully saturated rings. The van der Waals surface area contributed by atoms with E-state index in [0.717, 1.165) is 6.61 Å². The minimum atomic E-state index is 0.464. The van der Waals surface area contributed by atoms with Crippen LogP contribution in [0.15, 0.2) is 11.6 Å². The zero-order chi connectivity index (χ0) is 9.56. The molecule has 0 aromatic heterocycles. The minimum absolute atomic E-state index is 0.464. The third-order valence-electron chi connectivity index (χ3n) is 1.82. The van der Waals surface area contributed by atoms with Crippen molar-refractivity contribution in [2.75, 3.05) is 19.6 Å². The third kappa shape index (κ3) is 4.78. The second-order valence-corrected chi connectivity index (χ2v) is 3.73. The molecular formula is C10H19ClO. The number of methoxy groups -OCH3 is 1. The molecule has 0 bridgehead atoms. The first-order valence-corrected chi connectivity index (χ1v) is 4.90. The van der Waals surface area contributed by atoms with Gasteiger partial charge in [0.2, 0.25) is 0 Å². The van der Waals surface area contributed by atoms with Gasteiger partial charge in [-0.3, -0.25) is 0 Å². The molecular weight excluding hydrogens is 172 g/mol. The number of allylic oxidation sites excluding steroid dienone is 1. The molecule has 1 unspecified atom stereocenters. The largest absolute Gasteiger partial charge is 0.384 e. The van der Waals surface area contributed by atoms with Gasteiger partial charge in [-0.25, -0.2) is 0 Å². The van der Waals surface area contributed by atoms with Gasteiger partial charge in [-0.15, -0.1) is 11.6 Å². The fourth-order valence-corrected chi connectivity index (χ4v) is 1.47. The summed E-state index contributed by atoms with van der Waals surface area (Å²) in [6, 6.07) is 0. The quantitative estimate of drug-likeness (QED) is 0.478. The number of ether oxygens (including phenoxy) is 1. The highest BCUT2D eigenvalue weighted by atomic mass is 35.5. The van der Waals surface area contributed by atoms with Gasteiger partial charge >= 0.3 is 0 Å². The van der Waals surface area contributed by atoms with Crippen LogP contribution < -0.4 is 0 Å². The molecule has 1 nitrogen and oxygen atoms in total. The van der Waals surface area contributed by atoms with Gasteiger partial charge < -0.3 is 4.74 Å². The van der Waals surface area contributed by atoms with E-state index in [1.807, 2.05) is 0 Å². The smallest absolute Gasteiger partial charge is 0.0522 e. The van der Waals surface area contributed by atoms with Crippen LogP contribution in [0.5, 0.6) is 0 Å². The highest BCUT2D eigenvalue weighted by Gasteiger charge is 2.04. The van der Waals surface area contributed by atoms with E-state index in [2.05, 4.69) is 26.8 Å². The summed E-state index contributed by atoms with van der Waals surface area (Å²) in [5, 5.41) is 0. The van der Waals surface area contributed by atoms with Crippen LogP contribution in [0.25, 0.3) is 0 Å². The van der Waals surface area contributed by atoms with Crippen LogP contribution in [0.4, 0.5) is 0 Å². The van der Waals surface area contributed by atoms with Crippen LogP contribution in [0.2, 0.25) is 0 Å². The highest BCUT2D eigenvalue weighted by Crippen LogP contribution is 2.14. The molecule has 12 heavy (non-hydrogen) atoms. The minimum Gasteiger partial charge on any atom is -0.384 e. The Labute approximate surface area is 80.8 Å². The standard InChI is InChI=1S/C10H19ClO/c1-8(2)10(6-11)5-9(3)7-12-4/h5,8-9H,6-7H2,1-4H3/b10-5-. The predicted octanol–water partition coefficient (Wildman–Crippen LogP) is 3.09. The molecule has 0 spiro atoms. The van der Waals surface area contributed by atoms with E-state index in [4.69, 9.17) is 16.3 Å². The lowest BCUT2D eigenvalue weighted by Crippen LogP contribution is -2.04. The van der Waals surface area contributed by atoms with Crippen LogP contribution in [0.1, 0.15) is 20.8 Å². The van der Waals surface area contributed by atoms with Crippen LogP contribution in [0, 0.1) is 11.8 Å². The maximum atomic E-state index is 5.80. The maximum absolute atomic E-state index is 5.80. The summed E-state index contributed by atoms with van der Waals surface area (Å²) in [6.45, 7) is 7.23. The zero-order valence-electron chi connectivity index (χ0n) is 8.43. The average Bonchev–Trinajstić information content (AvgIpc) is 2.00. The van der Waals surface area contributed by atoms with Crippen molar-refractivity contribution in [1.29, 1.82) is 0 Å². The van der Waals surface area contributed by atoms with E-state index in [1.165, 1.54) is 5.57 Å². The van der Waals surface area contributed by atoms with Gasteiger partial charge in [-0.05, 0) is 11.8 Å². The fraction of sp³-hybridized carbons (Fsp3) is 0.800. The molecule has 0 heterocycles. The Balaban J connectivity index is 4.07. The first-order valence-electron chi connectivity index (χ1n) is 4.37. The fourth-order valence-electron chi connectivity index (χ4n) is 1.07. The van der Waals surface area contributed by atoms with Crippen LogP contribution in [-0.4, -0.2) is 19.6 Å². The molecule has 0 N–H and O–H groups in total. The third-order valence-corrected chi connectivity index (χ3v) is 2.13. The lowest BCUT2D eigenvalue weighted by molar-refractivity contribution is 0.175. The average molecular weight is 191 g/mol. The van der Waals surface area contributed by atoms with Crippen LogP contribution in [0.3, 0.4) is 0 Å². The number of hydrogen-bond donors (Lipinski definition) is 0. The van der Waals surface area contributed by atoms with Gasteiger partial charge in [0.05, 0.1) is 6.61 Å². The molecule has 0 aliphatic carbocycles. The summed E-state index contributed by atoms with van der Waals surface area (Å²) >= 11 is 5.80. The van der Waals surface area contributed by atoms with Crippen LogP contribution >= 0.6 is 11.6 Å². The molecule has 0 aliphatic rings. The van der Waals surface area contributed by atoms with Gasteiger partial charge in [0.15, 0.2) is 0 Å². The lowest BCUT2D eigenvalue weighted by Gasteiger charge is -2.11.